The predicted molar refractivity (Wildman–Crippen MR) is 95.3 cm³/mol. The molecule has 0 radical (unpaired) electrons. The number of aromatic amines is 1. The highest BCUT2D eigenvalue weighted by Crippen LogP contribution is 2.15. The first-order valence-corrected chi connectivity index (χ1v) is 7.69. The van der Waals surface area contributed by atoms with Crippen molar-refractivity contribution in [1.82, 2.24) is 9.97 Å². The molecule has 26 heavy (non-hydrogen) atoms. The average Bonchev–Trinajstić information content (AvgIpc) is 2.65. The van der Waals surface area contributed by atoms with Crippen molar-refractivity contribution >= 4 is 28.7 Å². The summed E-state index contributed by atoms with van der Waals surface area (Å²) in [6, 6.07) is 13.4. The fourth-order valence-corrected chi connectivity index (χ4v) is 2.31. The SMILES string of the molecule is O=C(O)COc1cccc(C=CC(=O)c2nc3ccccc3c(=O)[nH]2)c1. The van der Waals surface area contributed by atoms with Gasteiger partial charge in [-0.05, 0) is 35.9 Å². The van der Waals surface area contributed by atoms with Gasteiger partial charge in [0.1, 0.15) is 5.75 Å². The molecule has 2 aromatic carbocycles. The van der Waals surface area contributed by atoms with Crippen LogP contribution < -0.4 is 10.3 Å². The van der Waals surface area contributed by atoms with Crippen molar-refractivity contribution in [2.45, 2.75) is 0 Å². The number of aromatic nitrogens is 2. The normalized spacial score (nSPS) is 10.9. The second kappa shape index (κ2) is 7.43. The van der Waals surface area contributed by atoms with Crippen LogP contribution in [-0.2, 0) is 4.79 Å². The standard InChI is InChI=1S/C19H14N2O5/c22-16(18-20-15-7-2-1-6-14(15)19(25)21-18)9-8-12-4-3-5-13(10-12)26-11-17(23)24/h1-10H,11H2,(H,23,24)(H,20,21,25). The van der Waals surface area contributed by atoms with Crippen LogP contribution in [0.2, 0.25) is 0 Å². The molecule has 0 atom stereocenters. The third-order valence-electron chi connectivity index (χ3n) is 3.49. The molecule has 0 amide bonds. The van der Waals surface area contributed by atoms with E-state index in [9.17, 15) is 14.4 Å². The molecule has 7 nitrogen and oxygen atoms in total. The second-order valence-corrected chi connectivity index (χ2v) is 5.38. The molecular formula is C19H14N2O5. The summed E-state index contributed by atoms with van der Waals surface area (Å²) in [7, 11) is 0. The monoisotopic (exact) mass is 350 g/mol. The Labute approximate surface area is 147 Å². The number of carboxylic acids is 1. The summed E-state index contributed by atoms with van der Waals surface area (Å²) in [4.78, 5) is 41.5. The van der Waals surface area contributed by atoms with E-state index in [1.807, 2.05) is 0 Å². The number of ether oxygens (including phenoxy) is 1. The maximum absolute atomic E-state index is 12.3. The van der Waals surface area contributed by atoms with Crippen LogP contribution in [0.25, 0.3) is 17.0 Å². The van der Waals surface area contributed by atoms with Gasteiger partial charge in [-0.1, -0.05) is 30.3 Å². The maximum atomic E-state index is 12.3. The lowest BCUT2D eigenvalue weighted by atomic mass is 10.2. The molecule has 0 aliphatic rings. The van der Waals surface area contributed by atoms with Crippen LogP contribution in [0.4, 0.5) is 0 Å². The van der Waals surface area contributed by atoms with E-state index in [0.29, 0.717) is 22.2 Å². The van der Waals surface area contributed by atoms with Crippen molar-refractivity contribution in [3.63, 3.8) is 0 Å². The molecule has 2 N–H and O–H groups in total. The van der Waals surface area contributed by atoms with E-state index in [4.69, 9.17) is 9.84 Å². The Morgan fingerprint density at radius 2 is 1.96 bits per heavy atom. The Hall–Kier alpha value is -3.74. The first kappa shape index (κ1) is 17.1. The number of carbonyl (C=O) groups excluding carboxylic acids is 1. The van der Waals surface area contributed by atoms with Gasteiger partial charge in [0.15, 0.2) is 12.4 Å². The van der Waals surface area contributed by atoms with Crippen molar-refractivity contribution in [1.29, 1.82) is 0 Å². The highest BCUT2D eigenvalue weighted by Gasteiger charge is 2.08. The Balaban J connectivity index is 1.80. The number of nitrogens with one attached hydrogen (secondary N) is 1. The van der Waals surface area contributed by atoms with Crippen molar-refractivity contribution in [3.05, 3.63) is 76.3 Å². The van der Waals surface area contributed by atoms with Crippen molar-refractivity contribution < 1.29 is 19.4 Å². The number of carbonyl (C=O) groups is 2. The van der Waals surface area contributed by atoms with E-state index in [-0.39, 0.29) is 11.4 Å². The minimum Gasteiger partial charge on any atom is -0.482 e. The summed E-state index contributed by atoms with van der Waals surface area (Å²) in [5, 5.41) is 9.04. The van der Waals surface area contributed by atoms with Crippen LogP contribution >= 0.6 is 0 Å². The summed E-state index contributed by atoms with van der Waals surface area (Å²) in [6.07, 6.45) is 2.81. The zero-order chi connectivity index (χ0) is 18.5. The lowest BCUT2D eigenvalue weighted by molar-refractivity contribution is -0.139. The number of para-hydroxylation sites is 1. The van der Waals surface area contributed by atoms with Crippen LogP contribution in [0.5, 0.6) is 5.75 Å². The number of fused-ring (bicyclic) bond motifs is 1. The van der Waals surface area contributed by atoms with Crippen LogP contribution in [0.3, 0.4) is 0 Å². The summed E-state index contributed by atoms with van der Waals surface area (Å²) in [6.45, 7) is -0.450. The molecule has 0 saturated heterocycles. The molecule has 7 heteroatoms. The molecule has 1 aromatic heterocycles. The zero-order valence-electron chi connectivity index (χ0n) is 13.5. The van der Waals surface area contributed by atoms with Gasteiger partial charge >= 0.3 is 5.97 Å². The Morgan fingerprint density at radius 3 is 2.77 bits per heavy atom. The van der Waals surface area contributed by atoms with E-state index in [2.05, 4.69) is 9.97 Å². The molecule has 0 aliphatic heterocycles. The van der Waals surface area contributed by atoms with Crippen molar-refractivity contribution in [2.75, 3.05) is 6.61 Å². The van der Waals surface area contributed by atoms with Gasteiger partial charge in [0.05, 0.1) is 10.9 Å². The molecule has 0 fully saturated rings. The van der Waals surface area contributed by atoms with E-state index >= 15 is 0 Å². The summed E-state index contributed by atoms with van der Waals surface area (Å²) >= 11 is 0. The summed E-state index contributed by atoms with van der Waals surface area (Å²) in [5.41, 5.74) is 0.706. The van der Waals surface area contributed by atoms with Crippen LogP contribution in [0.1, 0.15) is 16.2 Å². The van der Waals surface area contributed by atoms with Gasteiger partial charge in [-0.15, -0.1) is 0 Å². The number of hydrogen-bond acceptors (Lipinski definition) is 5. The molecule has 3 aromatic rings. The zero-order valence-corrected chi connectivity index (χ0v) is 13.5. The van der Waals surface area contributed by atoms with Gasteiger partial charge in [0, 0.05) is 0 Å². The molecule has 0 unspecified atom stereocenters. The molecule has 3 rings (SSSR count). The smallest absolute Gasteiger partial charge is 0.341 e. The number of allylic oxidation sites excluding steroid dienone is 1. The number of benzene rings is 2. The molecule has 1 heterocycles. The van der Waals surface area contributed by atoms with Gasteiger partial charge in [-0.25, -0.2) is 9.78 Å². The molecule has 0 spiro atoms. The van der Waals surface area contributed by atoms with Gasteiger partial charge < -0.3 is 14.8 Å². The van der Waals surface area contributed by atoms with E-state index < -0.39 is 18.4 Å². The van der Waals surface area contributed by atoms with Crippen molar-refractivity contribution in [3.8, 4) is 5.75 Å². The molecule has 0 aliphatic carbocycles. The topological polar surface area (TPSA) is 109 Å². The lowest BCUT2D eigenvalue weighted by Crippen LogP contribution is -2.14. The molecule has 0 saturated carbocycles. The van der Waals surface area contributed by atoms with Crippen LogP contribution in [0, 0.1) is 0 Å². The third kappa shape index (κ3) is 4.02. The van der Waals surface area contributed by atoms with E-state index in [1.165, 1.54) is 12.2 Å². The summed E-state index contributed by atoms with van der Waals surface area (Å²) in [5.74, 6) is -1.21. The highest BCUT2D eigenvalue weighted by molar-refractivity contribution is 6.05. The lowest BCUT2D eigenvalue weighted by Gasteiger charge is -2.03. The Kier molecular flexibility index (Phi) is 4.89. The minimum atomic E-state index is -1.08. The van der Waals surface area contributed by atoms with Gasteiger partial charge in [0.2, 0.25) is 5.78 Å². The second-order valence-electron chi connectivity index (χ2n) is 5.38. The van der Waals surface area contributed by atoms with Gasteiger partial charge in [-0.3, -0.25) is 9.59 Å². The fourth-order valence-electron chi connectivity index (χ4n) is 2.31. The van der Waals surface area contributed by atoms with Gasteiger partial charge in [0.25, 0.3) is 5.56 Å². The molecular weight excluding hydrogens is 336 g/mol. The quantitative estimate of drug-likeness (QED) is 0.521. The molecule has 0 bridgehead atoms. The number of carboxylic acid groups (broad SMARTS) is 1. The van der Waals surface area contributed by atoms with Crippen LogP contribution in [0.15, 0.2) is 59.4 Å². The van der Waals surface area contributed by atoms with E-state index in [0.717, 1.165) is 0 Å². The fraction of sp³-hybridized carbons (Fsp3) is 0.0526. The number of hydrogen-bond donors (Lipinski definition) is 2. The minimum absolute atomic E-state index is 0.0526. The largest absolute Gasteiger partial charge is 0.482 e. The van der Waals surface area contributed by atoms with Crippen molar-refractivity contribution in [2.24, 2.45) is 0 Å². The van der Waals surface area contributed by atoms with E-state index in [1.54, 1.807) is 48.5 Å². The number of rotatable bonds is 6. The number of aliphatic carboxylic acids is 1. The van der Waals surface area contributed by atoms with Gasteiger partial charge in [-0.2, -0.15) is 0 Å². The molecule has 130 valence electrons. The highest BCUT2D eigenvalue weighted by atomic mass is 16.5. The third-order valence-corrected chi connectivity index (χ3v) is 3.49. The Bertz CT molecular complexity index is 1070. The van der Waals surface area contributed by atoms with Crippen LogP contribution in [-0.4, -0.2) is 33.4 Å². The first-order chi connectivity index (χ1) is 12.5. The average molecular weight is 350 g/mol. The number of nitrogens with zero attached hydrogens (tertiary/aromatic N) is 1. The number of H-pyrrole nitrogens is 1. The first-order valence-electron chi connectivity index (χ1n) is 7.69. The Morgan fingerprint density at radius 1 is 1.15 bits per heavy atom. The number of ketones is 1. The predicted octanol–water partition coefficient (Wildman–Crippen LogP) is 2.28. The summed E-state index contributed by atoms with van der Waals surface area (Å²) < 4.78 is 5.09. The maximum Gasteiger partial charge on any atom is 0.341 e.